The second kappa shape index (κ2) is 11.4. The summed E-state index contributed by atoms with van der Waals surface area (Å²) in [5.41, 5.74) is 0. The first-order valence-corrected chi connectivity index (χ1v) is 9.82. The molecule has 0 bridgehead atoms. The number of hydrogen-bond donors (Lipinski definition) is 1. The molecule has 132 valence electrons. The summed E-state index contributed by atoms with van der Waals surface area (Å²) in [4.78, 5) is 5.46. The average Bonchev–Trinajstić information content (AvgIpc) is 2.57. The van der Waals surface area contributed by atoms with Crippen molar-refractivity contribution < 1.29 is 0 Å². The minimum atomic E-state index is 0.766. The van der Waals surface area contributed by atoms with Gasteiger partial charge in [0.15, 0.2) is 0 Å². The van der Waals surface area contributed by atoms with Gasteiger partial charge in [0.05, 0.1) is 0 Å². The van der Waals surface area contributed by atoms with Crippen LogP contribution < -0.4 is 5.32 Å². The Kier molecular flexibility index (Phi) is 10.3. The Hall–Kier alpha value is -0.120. The van der Waals surface area contributed by atoms with Gasteiger partial charge in [-0.3, -0.25) is 0 Å². The third-order valence-electron chi connectivity index (χ3n) is 5.27. The molecular formula is C19H41N3. The van der Waals surface area contributed by atoms with Gasteiger partial charge in [0.2, 0.25) is 0 Å². The molecule has 3 nitrogen and oxygen atoms in total. The molecule has 0 amide bonds. The topological polar surface area (TPSA) is 18.5 Å². The Bertz CT molecular complexity index is 251. The maximum absolute atomic E-state index is 3.43. The van der Waals surface area contributed by atoms with Gasteiger partial charge in [-0.25, -0.2) is 0 Å². The summed E-state index contributed by atoms with van der Waals surface area (Å²) in [6, 6.07) is 1.64. The summed E-state index contributed by atoms with van der Waals surface area (Å²) < 4.78 is 0. The van der Waals surface area contributed by atoms with Gasteiger partial charge < -0.3 is 15.1 Å². The molecule has 0 spiro atoms. The molecule has 0 aromatic rings. The summed E-state index contributed by atoms with van der Waals surface area (Å²) in [5, 5.41) is 3.43. The Labute approximate surface area is 139 Å². The SMILES string of the molecule is CC.CNC1CCN(C2CCN(CCCC(C)C)CC2)CC1. The zero-order valence-corrected chi connectivity index (χ0v) is 15.9. The van der Waals surface area contributed by atoms with Gasteiger partial charge in [0.1, 0.15) is 0 Å². The number of nitrogens with zero attached hydrogens (tertiary/aromatic N) is 2. The first-order valence-electron chi connectivity index (χ1n) is 9.82. The van der Waals surface area contributed by atoms with Gasteiger partial charge in [-0.2, -0.15) is 0 Å². The molecule has 2 saturated heterocycles. The van der Waals surface area contributed by atoms with E-state index in [1.54, 1.807) is 0 Å². The first kappa shape index (κ1) is 19.9. The quantitative estimate of drug-likeness (QED) is 0.808. The van der Waals surface area contributed by atoms with Crippen LogP contribution in [0.4, 0.5) is 0 Å². The summed E-state index contributed by atoms with van der Waals surface area (Å²) in [6.45, 7) is 15.3. The highest BCUT2D eigenvalue weighted by molar-refractivity contribution is 4.84. The second-order valence-corrected chi connectivity index (χ2v) is 7.21. The van der Waals surface area contributed by atoms with Crippen molar-refractivity contribution in [3.8, 4) is 0 Å². The molecule has 0 aromatic carbocycles. The van der Waals surface area contributed by atoms with Crippen molar-refractivity contribution >= 4 is 0 Å². The molecular weight excluding hydrogens is 270 g/mol. The summed E-state index contributed by atoms with van der Waals surface area (Å²) >= 11 is 0. The lowest BCUT2D eigenvalue weighted by Gasteiger charge is -2.41. The Morgan fingerprint density at radius 2 is 1.55 bits per heavy atom. The summed E-state index contributed by atoms with van der Waals surface area (Å²) in [7, 11) is 2.11. The van der Waals surface area contributed by atoms with E-state index in [1.807, 2.05) is 13.8 Å². The van der Waals surface area contributed by atoms with Crippen LogP contribution in [-0.4, -0.2) is 61.7 Å². The van der Waals surface area contributed by atoms with E-state index in [9.17, 15) is 0 Å². The fourth-order valence-electron chi connectivity index (χ4n) is 3.78. The van der Waals surface area contributed by atoms with Crippen molar-refractivity contribution in [3.63, 3.8) is 0 Å². The van der Waals surface area contributed by atoms with E-state index < -0.39 is 0 Å². The van der Waals surface area contributed by atoms with Crippen molar-refractivity contribution in [2.75, 3.05) is 39.8 Å². The first-order chi connectivity index (χ1) is 10.7. The molecule has 0 unspecified atom stereocenters. The van der Waals surface area contributed by atoms with Crippen LogP contribution in [0, 0.1) is 5.92 Å². The van der Waals surface area contributed by atoms with Gasteiger partial charge in [0, 0.05) is 12.1 Å². The third-order valence-corrected chi connectivity index (χ3v) is 5.27. The smallest absolute Gasteiger partial charge is 0.0120 e. The number of nitrogens with one attached hydrogen (secondary N) is 1. The molecule has 0 saturated carbocycles. The van der Waals surface area contributed by atoms with Crippen LogP contribution in [0.5, 0.6) is 0 Å². The maximum atomic E-state index is 3.43. The average molecular weight is 312 g/mol. The fraction of sp³-hybridized carbons (Fsp3) is 1.00. The lowest BCUT2D eigenvalue weighted by atomic mass is 9.97. The minimum Gasteiger partial charge on any atom is -0.317 e. The predicted octanol–water partition coefficient (Wildman–Crippen LogP) is 3.60. The van der Waals surface area contributed by atoms with Gasteiger partial charge in [-0.15, -0.1) is 0 Å². The Morgan fingerprint density at radius 1 is 0.955 bits per heavy atom. The molecule has 2 aliphatic rings. The third kappa shape index (κ3) is 6.97. The largest absolute Gasteiger partial charge is 0.317 e. The van der Waals surface area contributed by atoms with Crippen molar-refractivity contribution in [1.82, 2.24) is 15.1 Å². The van der Waals surface area contributed by atoms with Crippen LogP contribution in [0.2, 0.25) is 0 Å². The van der Waals surface area contributed by atoms with Crippen molar-refractivity contribution in [3.05, 3.63) is 0 Å². The molecule has 22 heavy (non-hydrogen) atoms. The molecule has 1 N–H and O–H groups in total. The van der Waals surface area contributed by atoms with E-state index in [0.29, 0.717) is 0 Å². The molecule has 0 radical (unpaired) electrons. The van der Waals surface area contributed by atoms with Crippen molar-refractivity contribution in [1.29, 1.82) is 0 Å². The zero-order valence-electron chi connectivity index (χ0n) is 15.9. The predicted molar refractivity (Wildman–Crippen MR) is 98.5 cm³/mol. The van der Waals surface area contributed by atoms with E-state index in [4.69, 9.17) is 0 Å². The normalized spacial score (nSPS) is 22.6. The lowest BCUT2D eigenvalue weighted by molar-refractivity contribution is 0.0837. The second-order valence-electron chi connectivity index (χ2n) is 7.21. The highest BCUT2D eigenvalue weighted by Crippen LogP contribution is 2.21. The molecule has 2 aliphatic heterocycles. The molecule has 2 fully saturated rings. The zero-order chi connectivity index (χ0) is 16.4. The standard InChI is InChI=1S/C17H35N3.C2H6/c1-15(2)5-4-10-19-11-8-17(9-12-19)20-13-6-16(18-3)7-14-20;1-2/h15-18H,4-14H2,1-3H3;1-2H3. The Balaban J connectivity index is 0.00000116. The van der Waals surface area contributed by atoms with Crippen molar-refractivity contribution in [2.45, 2.75) is 78.3 Å². The van der Waals surface area contributed by atoms with Gasteiger partial charge >= 0.3 is 0 Å². The van der Waals surface area contributed by atoms with E-state index >= 15 is 0 Å². The van der Waals surface area contributed by atoms with E-state index in [2.05, 4.69) is 36.0 Å². The highest BCUT2D eigenvalue weighted by atomic mass is 15.2. The van der Waals surface area contributed by atoms with Crippen LogP contribution in [0.25, 0.3) is 0 Å². The van der Waals surface area contributed by atoms with E-state index in [1.165, 1.54) is 71.2 Å². The van der Waals surface area contributed by atoms with Crippen LogP contribution in [-0.2, 0) is 0 Å². The van der Waals surface area contributed by atoms with E-state index in [0.717, 1.165) is 18.0 Å². The van der Waals surface area contributed by atoms with Crippen LogP contribution in [0.1, 0.15) is 66.2 Å². The minimum absolute atomic E-state index is 0.766. The molecule has 2 rings (SSSR count). The molecule has 0 atom stereocenters. The number of hydrogen-bond acceptors (Lipinski definition) is 3. The van der Waals surface area contributed by atoms with Gasteiger partial charge in [-0.1, -0.05) is 27.7 Å². The van der Waals surface area contributed by atoms with Crippen molar-refractivity contribution in [2.24, 2.45) is 5.92 Å². The van der Waals surface area contributed by atoms with Gasteiger partial charge in [-0.05, 0) is 84.2 Å². The highest BCUT2D eigenvalue weighted by Gasteiger charge is 2.27. The van der Waals surface area contributed by atoms with Crippen LogP contribution in [0.15, 0.2) is 0 Å². The maximum Gasteiger partial charge on any atom is 0.0120 e. The summed E-state index contributed by atoms with van der Waals surface area (Å²) in [5.74, 6) is 0.862. The number of piperidine rings is 2. The summed E-state index contributed by atoms with van der Waals surface area (Å²) in [6.07, 6.45) is 8.24. The van der Waals surface area contributed by atoms with E-state index in [-0.39, 0.29) is 0 Å². The molecule has 2 heterocycles. The molecule has 0 aromatic heterocycles. The lowest BCUT2D eigenvalue weighted by Crippen LogP contribution is -2.50. The van der Waals surface area contributed by atoms with Gasteiger partial charge in [0.25, 0.3) is 0 Å². The van der Waals surface area contributed by atoms with Crippen LogP contribution >= 0.6 is 0 Å². The fourth-order valence-corrected chi connectivity index (χ4v) is 3.78. The van der Waals surface area contributed by atoms with Crippen LogP contribution in [0.3, 0.4) is 0 Å². The molecule has 3 heteroatoms. The Morgan fingerprint density at radius 3 is 2.05 bits per heavy atom. The molecule has 0 aliphatic carbocycles. The monoisotopic (exact) mass is 311 g/mol. The number of likely N-dealkylation sites (tertiary alicyclic amines) is 2. The number of rotatable bonds is 6.